The largest absolute Gasteiger partial charge is 0.497 e. The van der Waals surface area contributed by atoms with Crippen LogP contribution in [0.25, 0.3) is 5.69 Å². The number of methoxy groups -OCH3 is 1. The number of rotatable bonds is 6. The van der Waals surface area contributed by atoms with Gasteiger partial charge in [0.25, 0.3) is 5.91 Å². The fourth-order valence-electron chi connectivity index (χ4n) is 4.33. The van der Waals surface area contributed by atoms with Crippen molar-refractivity contribution in [3.8, 4) is 11.4 Å². The van der Waals surface area contributed by atoms with Crippen molar-refractivity contribution in [1.29, 1.82) is 0 Å². The molecule has 2 heterocycles. The quantitative estimate of drug-likeness (QED) is 0.634. The molecule has 0 saturated carbocycles. The van der Waals surface area contributed by atoms with Gasteiger partial charge in [0.2, 0.25) is 0 Å². The molecular formula is C25H29FN4O2. The molecule has 0 radical (unpaired) electrons. The van der Waals surface area contributed by atoms with Crippen LogP contribution in [-0.2, 0) is 6.54 Å². The number of hydrogen-bond donors (Lipinski definition) is 1. The second-order valence-electron chi connectivity index (χ2n) is 8.31. The normalized spacial score (nSPS) is 15.0. The number of carbonyl (C=O) groups is 1. The Morgan fingerprint density at radius 3 is 2.56 bits per heavy atom. The van der Waals surface area contributed by atoms with Crippen LogP contribution in [-0.4, -0.2) is 46.8 Å². The third-order valence-corrected chi connectivity index (χ3v) is 6.05. The number of piperidine rings is 1. The van der Waals surface area contributed by atoms with E-state index in [1.807, 2.05) is 26.0 Å². The first-order chi connectivity index (χ1) is 15.4. The van der Waals surface area contributed by atoms with Crippen LogP contribution in [0.15, 0.2) is 48.5 Å². The van der Waals surface area contributed by atoms with E-state index >= 15 is 0 Å². The molecule has 1 aliphatic rings. The highest BCUT2D eigenvalue weighted by molar-refractivity contribution is 5.96. The van der Waals surface area contributed by atoms with Crippen LogP contribution in [0.5, 0.6) is 5.75 Å². The number of halogens is 1. The number of nitrogens with zero attached hydrogens (tertiary/aromatic N) is 3. The molecule has 168 valence electrons. The van der Waals surface area contributed by atoms with Gasteiger partial charge in [-0.05, 0) is 68.7 Å². The number of carbonyl (C=O) groups excluding carboxylic acids is 1. The standard InChI is InChI=1S/C25H29FN4O2/c1-17-24(18(2)30(28-17)22-9-7-20(26)8-10-22)25(31)27-21-11-13-29(14-12-21)16-19-5-4-6-23(15-19)32-3/h4-10,15,21H,11-14,16H2,1-3H3,(H,27,31). The van der Waals surface area contributed by atoms with Crippen molar-refractivity contribution in [1.82, 2.24) is 20.0 Å². The molecule has 7 heteroatoms. The van der Waals surface area contributed by atoms with E-state index < -0.39 is 0 Å². The molecule has 6 nitrogen and oxygen atoms in total. The average molecular weight is 437 g/mol. The fourth-order valence-corrected chi connectivity index (χ4v) is 4.33. The molecule has 1 aliphatic heterocycles. The van der Waals surface area contributed by atoms with Crippen LogP contribution in [0, 0.1) is 19.7 Å². The third kappa shape index (κ3) is 4.83. The summed E-state index contributed by atoms with van der Waals surface area (Å²) in [4.78, 5) is 15.4. The molecule has 0 spiro atoms. The molecule has 3 aromatic rings. The summed E-state index contributed by atoms with van der Waals surface area (Å²) < 4.78 is 20.3. The molecule has 0 aliphatic carbocycles. The summed E-state index contributed by atoms with van der Waals surface area (Å²) in [5, 5.41) is 7.71. The van der Waals surface area contributed by atoms with Crippen molar-refractivity contribution in [2.24, 2.45) is 0 Å². The first kappa shape index (κ1) is 22.0. The molecule has 1 N–H and O–H groups in total. The second kappa shape index (κ2) is 9.53. The van der Waals surface area contributed by atoms with Gasteiger partial charge in [0.15, 0.2) is 0 Å². The van der Waals surface area contributed by atoms with E-state index in [0.29, 0.717) is 11.3 Å². The maximum atomic E-state index is 13.3. The highest BCUT2D eigenvalue weighted by Crippen LogP contribution is 2.21. The van der Waals surface area contributed by atoms with Gasteiger partial charge in [-0.25, -0.2) is 9.07 Å². The maximum absolute atomic E-state index is 13.3. The number of ether oxygens (including phenoxy) is 1. The summed E-state index contributed by atoms with van der Waals surface area (Å²) in [5.74, 6) is 0.474. The first-order valence-corrected chi connectivity index (χ1v) is 10.9. The Morgan fingerprint density at radius 2 is 1.88 bits per heavy atom. The van der Waals surface area contributed by atoms with E-state index in [2.05, 4.69) is 27.4 Å². The number of amides is 1. The van der Waals surface area contributed by atoms with Gasteiger partial charge in [0.1, 0.15) is 11.6 Å². The fraction of sp³-hybridized carbons (Fsp3) is 0.360. The molecule has 32 heavy (non-hydrogen) atoms. The van der Waals surface area contributed by atoms with Crippen molar-refractivity contribution in [3.63, 3.8) is 0 Å². The minimum absolute atomic E-state index is 0.0976. The zero-order chi connectivity index (χ0) is 22.7. The van der Waals surface area contributed by atoms with E-state index in [-0.39, 0.29) is 17.8 Å². The van der Waals surface area contributed by atoms with Crippen LogP contribution in [0.4, 0.5) is 4.39 Å². The smallest absolute Gasteiger partial charge is 0.255 e. The number of nitrogens with one attached hydrogen (secondary N) is 1. The molecule has 1 fully saturated rings. The van der Waals surface area contributed by atoms with Crippen LogP contribution in [0.2, 0.25) is 0 Å². The van der Waals surface area contributed by atoms with Gasteiger partial charge in [-0.1, -0.05) is 12.1 Å². The zero-order valence-corrected chi connectivity index (χ0v) is 18.8. The molecule has 1 amide bonds. The summed E-state index contributed by atoms with van der Waals surface area (Å²) in [6, 6.07) is 14.4. The van der Waals surface area contributed by atoms with E-state index in [9.17, 15) is 9.18 Å². The maximum Gasteiger partial charge on any atom is 0.255 e. The number of benzene rings is 2. The minimum atomic E-state index is -0.300. The molecule has 1 saturated heterocycles. The summed E-state index contributed by atoms with van der Waals surface area (Å²) in [6.07, 6.45) is 1.81. The molecule has 0 atom stereocenters. The topological polar surface area (TPSA) is 59.4 Å². The van der Waals surface area contributed by atoms with E-state index in [4.69, 9.17) is 4.74 Å². The van der Waals surface area contributed by atoms with E-state index in [1.54, 1.807) is 23.9 Å². The van der Waals surface area contributed by atoms with Gasteiger partial charge in [-0.3, -0.25) is 9.69 Å². The lowest BCUT2D eigenvalue weighted by atomic mass is 10.0. The Hall–Kier alpha value is -3.19. The lowest BCUT2D eigenvalue weighted by molar-refractivity contribution is 0.0907. The van der Waals surface area contributed by atoms with Crippen LogP contribution >= 0.6 is 0 Å². The highest BCUT2D eigenvalue weighted by atomic mass is 19.1. The Bertz CT molecular complexity index is 1090. The molecular weight excluding hydrogens is 407 g/mol. The molecule has 1 aromatic heterocycles. The van der Waals surface area contributed by atoms with Gasteiger partial charge in [0.05, 0.1) is 29.7 Å². The summed E-state index contributed by atoms with van der Waals surface area (Å²) >= 11 is 0. The molecule has 2 aromatic carbocycles. The Kier molecular flexibility index (Phi) is 6.55. The van der Waals surface area contributed by atoms with Gasteiger partial charge in [0, 0.05) is 25.7 Å². The Morgan fingerprint density at radius 1 is 1.16 bits per heavy atom. The number of aryl methyl sites for hydroxylation is 1. The van der Waals surface area contributed by atoms with Crippen molar-refractivity contribution < 1.29 is 13.9 Å². The monoisotopic (exact) mass is 436 g/mol. The lowest BCUT2D eigenvalue weighted by Gasteiger charge is -2.32. The molecule has 0 unspecified atom stereocenters. The number of likely N-dealkylation sites (tertiary alicyclic amines) is 1. The Balaban J connectivity index is 1.36. The predicted molar refractivity (Wildman–Crippen MR) is 122 cm³/mol. The third-order valence-electron chi connectivity index (χ3n) is 6.05. The van der Waals surface area contributed by atoms with Gasteiger partial charge in [-0.2, -0.15) is 5.10 Å². The van der Waals surface area contributed by atoms with Gasteiger partial charge in [-0.15, -0.1) is 0 Å². The number of hydrogen-bond acceptors (Lipinski definition) is 4. The van der Waals surface area contributed by atoms with E-state index in [0.717, 1.165) is 49.6 Å². The van der Waals surface area contributed by atoms with Crippen molar-refractivity contribution in [3.05, 3.63) is 76.9 Å². The van der Waals surface area contributed by atoms with Crippen LogP contribution in [0.3, 0.4) is 0 Å². The van der Waals surface area contributed by atoms with Crippen LogP contribution < -0.4 is 10.1 Å². The van der Waals surface area contributed by atoms with Crippen LogP contribution in [0.1, 0.15) is 40.2 Å². The van der Waals surface area contributed by atoms with Gasteiger partial charge < -0.3 is 10.1 Å². The summed E-state index contributed by atoms with van der Waals surface area (Å²) in [6.45, 7) is 6.43. The van der Waals surface area contributed by atoms with E-state index in [1.165, 1.54) is 17.7 Å². The zero-order valence-electron chi connectivity index (χ0n) is 18.8. The van der Waals surface area contributed by atoms with Crippen molar-refractivity contribution in [2.45, 2.75) is 39.3 Å². The summed E-state index contributed by atoms with van der Waals surface area (Å²) in [7, 11) is 1.68. The van der Waals surface area contributed by atoms with Crippen molar-refractivity contribution in [2.75, 3.05) is 20.2 Å². The highest BCUT2D eigenvalue weighted by Gasteiger charge is 2.25. The summed E-state index contributed by atoms with van der Waals surface area (Å²) in [5.41, 5.74) is 3.97. The average Bonchev–Trinajstić information content (AvgIpc) is 3.09. The second-order valence-corrected chi connectivity index (χ2v) is 8.31. The molecule has 4 rings (SSSR count). The van der Waals surface area contributed by atoms with Crippen molar-refractivity contribution >= 4 is 5.91 Å². The number of aromatic nitrogens is 2. The van der Waals surface area contributed by atoms with Gasteiger partial charge >= 0.3 is 0 Å². The Labute approximate surface area is 188 Å². The predicted octanol–water partition coefficient (Wildman–Crippen LogP) is 4.03. The lowest BCUT2D eigenvalue weighted by Crippen LogP contribution is -2.44. The first-order valence-electron chi connectivity index (χ1n) is 10.9. The molecule has 0 bridgehead atoms. The minimum Gasteiger partial charge on any atom is -0.497 e. The SMILES string of the molecule is COc1cccc(CN2CCC(NC(=O)c3c(C)nn(-c4ccc(F)cc4)c3C)CC2)c1.